The fourth-order valence-electron chi connectivity index (χ4n) is 0. The maximum Gasteiger partial charge on any atom is 0.0814 e. The van der Waals surface area contributed by atoms with Crippen molar-refractivity contribution in [3.8, 4) is 0 Å². The van der Waals surface area contributed by atoms with E-state index in [1.165, 1.54) is 0 Å². The molecule has 0 bridgehead atoms. The lowest BCUT2D eigenvalue weighted by Crippen LogP contribution is -1.71. The number of hydrogen-bond acceptors (Lipinski definition) is 1. The topological polar surface area (TPSA) is 3.24 Å². The van der Waals surface area contributed by atoms with Gasteiger partial charge in [-0.05, 0) is 23.6 Å². The fourth-order valence-corrected chi connectivity index (χ4v) is 0. The second-order valence-corrected chi connectivity index (χ2v) is 1.16. The van der Waals surface area contributed by atoms with Crippen LogP contribution in [0.5, 0.6) is 0 Å². The van der Waals surface area contributed by atoms with E-state index in [9.17, 15) is 0 Å². The minimum Gasteiger partial charge on any atom is -0.125 e. The quantitative estimate of drug-likeness (QED) is 0.325. The van der Waals surface area contributed by atoms with Gasteiger partial charge in [-0.3, -0.25) is 0 Å². The molecule has 0 aliphatic carbocycles. The lowest BCUT2D eigenvalue weighted by molar-refractivity contribution is 0.986. The Labute approximate surface area is 35.3 Å². The Kier molecular flexibility index (Phi) is 2.07. The molecule has 0 atom stereocenters. The molecule has 0 aromatic carbocycles. The van der Waals surface area contributed by atoms with Crippen LogP contribution in [0, 0.1) is 7.05 Å². The van der Waals surface area contributed by atoms with E-state index >= 15 is 0 Å². The van der Waals surface area contributed by atoms with Crippen LogP contribution >= 0.6 is 23.6 Å². The molecule has 0 fully saturated rings. The normalized spacial score (nSPS) is 9.00. The third-order valence-electron chi connectivity index (χ3n) is 0. The first kappa shape index (κ1) is 4.54. The molecular formula is CHCl2N. The highest BCUT2D eigenvalue weighted by atomic mass is 35.5. The third kappa shape index (κ3) is 20.7. The highest BCUT2D eigenvalue weighted by molar-refractivity contribution is 6.33. The second-order valence-electron chi connectivity index (χ2n) is 0.259. The van der Waals surface area contributed by atoms with E-state index in [0.717, 1.165) is 0 Å². The predicted octanol–water partition coefficient (Wildman–Crippen LogP) is 1.26. The smallest absolute Gasteiger partial charge is 0.0814 e. The SMILES string of the molecule is [CH]N(Cl)Cl. The van der Waals surface area contributed by atoms with Gasteiger partial charge in [-0.2, -0.15) is 0 Å². The summed E-state index contributed by atoms with van der Waals surface area (Å²) in [6.07, 6.45) is 0. The summed E-state index contributed by atoms with van der Waals surface area (Å²) in [5, 5.41) is 0. The molecule has 0 saturated heterocycles. The largest absolute Gasteiger partial charge is 0.125 e. The van der Waals surface area contributed by atoms with E-state index < -0.39 is 0 Å². The van der Waals surface area contributed by atoms with E-state index in [1.54, 1.807) is 0 Å². The van der Waals surface area contributed by atoms with E-state index in [-0.39, 0.29) is 0 Å². The van der Waals surface area contributed by atoms with Crippen LogP contribution in [0.15, 0.2) is 0 Å². The Balaban J connectivity index is 2.32. The van der Waals surface area contributed by atoms with Crippen LogP contribution in [-0.2, 0) is 0 Å². The lowest BCUT2D eigenvalue weighted by atomic mass is 11.6. The number of hydrogen-bond donors (Lipinski definition) is 0. The molecule has 0 aliphatic rings. The van der Waals surface area contributed by atoms with Crippen molar-refractivity contribution in [3.63, 3.8) is 0 Å². The molecule has 0 aromatic heterocycles. The van der Waals surface area contributed by atoms with Gasteiger partial charge in [0.1, 0.15) is 0 Å². The first-order chi connectivity index (χ1) is 1.73. The molecule has 0 spiro atoms. The van der Waals surface area contributed by atoms with Crippen LogP contribution in [0.3, 0.4) is 0 Å². The van der Waals surface area contributed by atoms with Crippen LogP contribution in [0.25, 0.3) is 0 Å². The summed E-state index contributed by atoms with van der Waals surface area (Å²) < 4.78 is 0.444. The molecule has 3 heteroatoms. The average molecular weight is 97.9 g/mol. The van der Waals surface area contributed by atoms with Crippen molar-refractivity contribution in [2.75, 3.05) is 0 Å². The Morgan fingerprint density at radius 3 is 1.50 bits per heavy atom. The van der Waals surface area contributed by atoms with Crippen LogP contribution in [-0.4, -0.2) is 3.94 Å². The first-order valence-corrected chi connectivity index (χ1v) is 1.27. The fraction of sp³-hybridized carbons (Fsp3) is 0. The summed E-state index contributed by atoms with van der Waals surface area (Å²) >= 11 is 9.30. The summed E-state index contributed by atoms with van der Waals surface area (Å²) in [5.41, 5.74) is 0. The zero-order chi connectivity index (χ0) is 3.58. The van der Waals surface area contributed by atoms with Crippen molar-refractivity contribution in [2.24, 2.45) is 0 Å². The molecule has 0 saturated carbocycles. The third-order valence-corrected chi connectivity index (χ3v) is 0. The van der Waals surface area contributed by atoms with Gasteiger partial charge in [0.2, 0.25) is 0 Å². The average Bonchev–Trinajstić information content (AvgIpc) is 0.811. The van der Waals surface area contributed by atoms with Crippen molar-refractivity contribution in [3.05, 3.63) is 7.05 Å². The maximum atomic E-state index is 4.65. The zero-order valence-corrected chi connectivity index (χ0v) is 3.29. The molecule has 0 unspecified atom stereocenters. The highest BCUT2D eigenvalue weighted by Gasteiger charge is 1.68. The summed E-state index contributed by atoms with van der Waals surface area (Å²) in [6.45, 7) is 0. The summed E-state index contributed by atoms with van der Waals surface area (Å²) in [6, 6.07) is 0. The Morgan fingerprint density at radius 2 is 1.50 bits per heavy atom. The Morgan fingerprint density at radius 1 is 1.50 bits per heavy atom. The molecule has 0 aromatic rings. The Bertz CT molecular complexity index is 10.8. The van der Waals surface area contributed by atoms with E-state index in [0.29, 0.717) is 3.94 Å². The van der Waals surface area contributed by atoms with Crippen molar-refractivity contribution in [2.45, 2.75) is 0 Å². The van der Waals surface area contributed by atoms with Gasteiger partial charge in [-0.1, -0.05) is 0 Å². The number of halogens is 2. The van der Waals surface area contributed by atoms with Crippen molar-refractivity contribution in [1.82, 2.24) is 3.94 Å². The molecule has 0 N–H and O–H groups in total. The van der Waals surface area contributed by atoms with E-state index in [4.69, 9.17) is 0 Å². The molecule has 4 heavy (non-hydrogen) atoms. The van der Waals surface area contributed by atoms with Crippen molar-refractivity contribution < 1.29 is 0 Å². The first-order valence-electron chi connectivity index (χ1n) is 0.596. The molecule has 0 amide bonds. The minimum absolute atomic E-state index is 0.444. The molecule has 24 valence electrons. The van der Waals surface area contributed by atoms with Gasteiger partial charge in [0.15, 0.2) is 0 Å². The molecular weight excluding hydrogens is 96.9 g/mol. The summed E-state index contributed by atoms with van der Waals surface area (Å²) in [7, 11) is 4.48. The molecule has 1 nitrogen and oxygen atoms in total. The Hall–Kier alpha value is 0.540. The van der Waals surface area contributed by atoms with Gasteiger partial charge in [-0.25, -0.2) is 0 Å². The second kappa shape index (κ2) is 1.82. The van der Waals surface area contributed by atoms with Crippen molar-refractivity contribution in [1.29, 1.82) is 0 Å². The van der Waals surface area contributed by atoms with Gasteiger partial charge in [0, 0.05) is 0 Å². The number of nitrogens with zero attached hydrogens (tertiary/aromatic N) is 1. The van der Waals surface area contributed by atoms with Gasteiger partial charge >= 0.3 is 0 Å². The monoisotopic (exact) mass is 96.9 g/mol. The van der Waals surface area contributed by atoms with Gasteiger partial charge in [0.05, 0.1) is 7.05 Å². The maximum absolute atomic E-state index is 4.65. The lowest BCUT2D eigenvalue weighted by Gasteiger charge is -1.78. The standard InChI is InChI=1S/CHCl2N/c1-4(2)3/h1H. The van der Waals surface area contributed by atoms with Crippen LogP contribution in [0.4, 0.5) is 0 Å². The minimum atomic E-state index is 0.444. The summed E-state index contributed by atoms with van der Waals surface area (Å²) in [4.78, 5) is 0. The van der Waals surface area contributed by atoms with E-state index in [2.05, 4.69) is 30.6 Å². The van der Waals surface area contributed by atoms with Crippen LogP contribution < -0.4 is 0 Å². The number of rotatable bonds is 0. The molecule has 0 rings (SSSR count). The van der Waals surface area contributed by atoms with Crippen LogP contribution in [0.1, 0.15) is 0 Å². The summed E-state index contributed by atoms with van der Waals surface area (Å²) in [5.74, 6) is 0. The van der Waals surface area contributed by atoms with Crippen molar-refractivity contribution >= 4 is 23.6 Å². The predicted molar refractivity (Wildman–Crippen MR) is 17.8 cm³/mol. The highest BCUT2D eigenvalue weighted by Crippen LogP contribution is 1.89. The van der Waals surface area contributed by atoms with Gasteiger partial charge in [0.25, 0.3) is 0 Å². The van der Waals surface area contributed by atoms with Gasteiger partial charge < -0.3 is 0 Å². The van der Waals surface area contributed by atoms with Crippen LogP contribution in [0.2, 0.25) is 0 Å². The molecule has 2 radical (unpaired) electrons. The van der Waals surface area contributed by atoms with Gasteiger partial charge in [-0.15, -0.1) is 3.94 Å². The molecule has 0 aliphatic heterocycles. The van der Waals surface area contributed by atoms with E-state index in [1.807, 2.05) is 0 Å². The molecule has 0 heterocycles. The zero-order valence-electron chi connectivity index (χ0n) is 1.78.